The van der Waals surface area contributed by atoms with Crippen molar-refractivity contribution in [3.63, 3.8) is 0 Å². The van der Waals surface area contributed by atoms with Crippen LogP contribution in [0.3, 0.4) is 0 Å². The maximum Gasteiger partial charge on any atom is 0.346 e. The Morgan fingerprint density at radius 2 is 1.84 bits per heavy atom. The third kappa shape index (κ3) is 4.74. The van der Waals surface area contributed by atoms with E-state index in [1.807, 2.05) is 19.1 Å². The number of hydrogen-bond acceptors (Lipinski definition) is 4. The van der Waals surface area contributed by atoms with Gasteiger partial charge in [0.05, 0.1) is 0 Å². The molecule has 2 aromatic carbocycles. The Hall–Kier alpha value is -3.68. The summed E-state index contributed by atoms with van der Waals surface area (Å²) < 4.78 is 2.90. The van der Waals surface area contributed by atoms with Gasteiger partial charge in [0.2, 0.25) is 5.91 Å². The first-order chi connectivity index (χ1) is 15.0. The second-order valence-electron chi connectivity index (χ2n) is 7.72. The molecule has 2 N–H and O–H groups in total. The van der Waals surface area contributed by atoms with Crippen molar-refractivity contribution >= 4 is 23.2 Å². The van der Waals surface area contributed by atoms with Crippen molar-refractivity contribution in [2.24, 2.45) is 0 Å². The number of aromatic nitrogens is 3. The molecule has 0 radical (unpaired) electrons. The quantitative estimate of drug-likeness (QED) is 0.664. The number of fused-ring (bicyclic) bond motifs is 1. The summed E-state index contributed by atoms with van der Waals surface area (Å²) in [6.07, 6.45) is 3.79. The number of carbonyl (C=O) groups is 2. The lowest BCUT2D eigenvalue weighted by Gasteiger charge is -2.11. The highest BCUT2D eigenvalue weighted by Gasteiger charge is 2.17. The van der Waals surface area contributed by atoms with Gasteiger partial charge in [-0.05, 0) is 49.6 Å². The van der Waals surface area contributed by atoms with Gasteiger partial charge in [0.15, 0.2) is 0 Å². The Morgan fingerprint density at radius 1 is 1.03 bits per heavy atom. The summed E-state index contributed by atoms with van der Waals surface area (Å²) >= 11 is 0. The summed E-state index contributed by atoms with van der Waals surface area (Å²) in [4.78, 5) is 37.6. The minimum atomic E-state index is -0.343. The summed E-state index contributed by atoms with van der Waals surface area (Å²) in [5, 5.41) is 10.0. The van der Waals surface area contributed by atoms with E-state index in [0.29, 0.717) is 23.5 Å². The molecule has 2 heterocycles. The lowest BCUT2D eigenvalue weighted by Crippen LogP contribution is -2.30. The zero-order valence-electron chi connectivity index (χ0n) is 17.4. The molecule has 0 saturated heterocycles. The standard InChI is InChI=1S/C23H25N5O3/c1-16-11-12-18(24-22(30)17-8-4-2-5-9-17)14-19(16)25-21(29)15-28-23(31)27-13-7-3-6-10-20(27)26-28/h2,4-5,8-9,11-12,14H,3,6-7,10,13,15H2,1H3,(H,24,30)(H,25,29). The largest absolute Gasteiger partial charge is 0.346 e. The van der Waals surface area contributed by atoms with Crippen LogP contribution in [0.25, 0.3) is 0 Å². The minimum absolute atomic E-state index is 0.154. The van der Waals surface area contributed by atoms with Gasteiger partial charge in [-0.3, -0.25) is 14.2 Å². The van der Waals surface area contributed by atoms with Gasteiger partial charge in [-0.25, -0.2) is 9.48 Å². The first-order valence-corrected chi connectivity index (χ1v) is 10.4. The van der Waals surface area contributed by atoms with E-state index in [2.05, 4.69) is 15.7 Å². The maximum atomic E-state index is 12.6. The summed E-state index contributed by atoms with van der Waals surface area (Å²) in [5.74, 6) is 0.176. The first kappa shape index (κ1) is 20.6. The van der Waals surface area contributed by atoms with E-state index in [-0.39, 0.29) is 24.0 Å². The van der Waals surface area contributed by atoms with Crippen LogP contribution in [0.2, 0.25) is 0 Å². The minimum Gasteiger partial charge on any atom is -0.324 e. The number of aryl methyl sites for hydroxylation is 2. The highest BCUT2D eigenvalue weighted by molar-refractivity contribution is 6.04. The smallest absolute Gasteiger partial charge is 0.324 e. The predicted molar refractivity (Wildman–Crippen MR) is 118 cm³/mol. The molecular formula is C23H25N5O3. The van der Waals surface area contributed by atoms with Gasteiger partial charge in [0.1, 0.15) is 12.4 Å². The van der Waals surface area contributed by atoms with Crippen LogP contribution in [0.1, 0.15) is 41.0 Å². The van der Waals surface area contributed by atoms with Gasteiger partial charge < -0.3 is 10.6 Å². The SMILES string of the molecule is Cc1ccc(NC(=O)c2ccccc2)cc1NC(=O)Cn1nc2n(c1=O)CCCCC2. The Balaban J connectivity index is 1.45. The average Bonchev–Trinajstić information content (AvgIpc) is 2.92. The Kier molecular flexibility index (Phi) is 5.97. The van der Waals surface area contributed by atoms with E-state index < -0.39 is 0 Å². The first-order valence-electron chi connectivity index (χ1n) is 10.4. The van der Waals surface area contributed by atoms with Crippen LogP contribution in [0.4, 0.5) is 11.4 Å². The molecule has 0 spiro atoms. The van der Waals surface area contributed by atoms with Gasteiger partial charge in [0.25, 0.3) is 5.91 Å². The van der Waals surface area contributed by atoms with E-state index in [9.17, 15) is 14.4 Å². The van der Waals surface area contributed by atoms with Crippen molar-refractivity contribution in [3.8, 4) is 0 Å². The number of anilines is 2. The molecular weight excluding hydrogens is 394 g/mol. The molecule has 3 aromatic rings. The van der Waals surface area contributed by atoms with Crippen LogP contribution in [-0.2, 0) is 24.3 Å². The molecule has 0 aliphatic carbocycles. The number of hydrogen-bond donors (Lipinski definition) is 2. The maximum absolute atomic E-state index is 12.6. The molecule has 0 atom stereocenters. The fraction of sp³-hybridized carbons (Fsp3) is 0.304. The van der Waals surface area contributed by atoms with E-state index in [4.69, 9.17) is 0 Å². The summed E-state index contributed by atoms with van der Waals surface area (Å²) in [6.45, 7) is 2.36. The van der Waals surface area contributed by atoms with Crippen LogP contribution >= 0.6 is 0 Å². The van der Waals surface area contributed by atoms with Gasteiger partial charge >= 0.3 is 5.69 Å². The molecule has 1 aliphatic heterocycles. The van der Waals surface area contributed by atoms with Crippen LogP contribution in [0, 0.1) is 6.92 Å². The molecule has 8 nitrogen and oxygen atoms in total. The lowest BCUT2D eigenvalue weighted by molar-refractivity contribution is -0.117. The molecule has 0 unspecified atom stereocenters. The number of benzene rings is 2. The number of amides is 2. The number of rotatable bonds is 5. The summed E-state index contributed by atoms with van der Waals surface area (Å²) in [7, 11) is 0. The predicted octanol–water partition coefficient (Wildman–Crippen LogP) is 2.97. The van der Waals surface area contributed by atoms with Gasteiger partial charge in [-0.15, -0.1) is 0 Å². The average molecular weight is 419 g/mol. The number of carbonyl (C=O) groups excluding carboxylic acids is 2. The monoisotopic (exact) mass is 419 g/mol. The molecule has 0 bridgehead atoms. The number of nitrogens with one attached hydrogen (secondary N) is 2. The summed E-state index contributed by atoms with van der Waals surface area (Å²) in [5.41, 5.74) is 2.30. The topological polar surface area (TPSA) is 98.0 Å². The molecule has 8 heteroatoms. The zero-order chi connectivity index (χ0) is 21.8. The Bertz CT molecular complexity index is 1160. The fourth-order valence-electron chi connectivity index (χ4n) is 3.68. The second-order valence-corrected chi connectivity index (χ2v) is 7.72. The van der Waals surface area contributed by atoms with Gasteiger partial charge in [-0.2, -0.15) is 5.10 Å². The summed E-state index contributed by atoms with van der Waals surface area (Å²) in [6, 6.07) is 14.2. The van der Waals surface area contributed by atoms with E-state index in [0.717, 1.165) is 37.1 Å². The van der Waals surface area contributed by atoms with E-state index >= 15 is 0 Å². The third-order valence-corrected chi connectivity index (χ3v) is 5.38. The van der Waals surface area contributed by atoms with Crippen molar-refractivity contribution in [2.45, 2.75) is 45.7 Å². The molecule has 160 valence electrons. The van der Waals surface area contributed by atoms with Crippen molar-refractivity contribution in [1.29, 1.82) is 0 Å². The van der Waals surface area contributed by atoms with Crippen LogP contribution in [-0.4, -0.2) is 26.2 Å². The molecule has 1 aliphatic rings. The van der Waals surface area contributed by atoms with E-state index in [1.165, 1.54) is 4.68 Å². The molecule has 4 rings (SSSR count). The second kappa shape index (κ2) is 8.99. The molecule has 0 saturated carbocycles. The van der Waals surface area contributed by atoms with Crippen molar-refractivity contribution in [3.05, 3.63) is 76.0 Å². The van der Waals surface area contributed by atoms with Crippen molar-refractivity contribution in [1.82, 2.24) is 14.3 Å². The molecule has 2 amide bonds. The van der Waals surface area contributed by atoms with E-state index in [1.54, 1.807) is 41.0 Å². The normalized spacial score (nSPS) is 13.2. The Labute approximate surface area is 179 Å². The molecule has 0 fully saturated rings. The van der Waals surface area contributed by atoms with Crippen LogP contribution in [0.5, 0.6) is 0 Å². The Morgan fingerprint density at radius 3 is 2.65 bits per heavy atom. The van der Waals surface area contributed by atoms with Crippen molar-refractivity contribution < 1.29 is 9.59 Å². The highest BCUT2D eigenvalue weighted by Crippen LogP contribution is 2.21. The van der Waals surface area contributed by atoms with Gasteiger partial charge in [-0.1, -0.05) is 30.7 Å². The van der Waals surface area contributed by atoms with Crippen molar-refractivity contribution in [2.75, 3.05) is 10.6 Å². The molecule has 1 aromatic heterocycles. The fourth-order valence-corrected chi connectivity index (χ4v) is 3.68. The zero-order valence-corrected chi connectivity index (χ0v) is 17.4. The van der Waals surface area contributed by atoms with Crippen LogP contribution in [0.15, 0.2) is 53.3 Å². The lowest BCUT2D eigenvalue weighted by atomic mass is 10.1. The molecule has 31 heavy (non-hydrogen) atoms. The highest BCUT2D eigenvalue weighted by atomic mass is 16.2. The van der Waals surface area contributed by atoms with Gasteiger partial charge in [0, 0.05) is 29.9 Å². The number of nitrogens with zero attached hydrogens (tertiary/aromatic N) is 3. The van der Waals surface area contributed by atoms with Crippen LogP contribution < -0.4 is 16.3 Å². The third-order valence-electron chi connectivity index (χ3n) is 5.38.